The highest BCUT2D eigenvalue weighted by atomic mass is 35.5. The lowest BCUT2D eigenvalue weighted by Crippen LogP contribution is -2.32. The molecule has 1 aliphatic heterocycles. The minimum absolute atomic E-state index is 0.00683. The van der Waals surface area contributed by atoms with Crippen LogP contribution in [-0.4, -0.2) is 27.5 Å². The van der Waals surface area contributed by atoms with Crippen molar-refractivity contribution in [1.29, 1.82) is 0 Å². The van der Waals surface area contributed by atoms with Crippen molar-refractivity contribution < 1.29 is 14.4 Å². The number of carbonyl (C=O) groups excluding carboxylic acids is 3. The Hall–Kier alpha value is -4.68. The Balaban J connectivity index is 1.36. The molecule has 1 N–H and O–H groups in total. The van der Waals surface area contributed by atoms with E-state index in [0.29, 0.717) is 24.3 Å². The van der Waals surface area contributed by atoms with E-state index in [4.69, 9.17) is 11.6 Å². The summed E-state index contributed by atoms with van der Waals surface area (Å²) < 4.78 is 0. The molecule has 194 valence electrons. The number of imide groups is 1. The van der Waals surface area contributed by atoms with E-state index in [-0.39, 0.29) is 23.2 Å². The Labute approximate surface area is 232 Å². The maximum atomic E-state index is 13.7. The van der Waals surface area contributed by atoms with Crippen molar-refractivity contribution in [3.8, 4) is 0 Å². The molecule has 0 saturated carbocycles. The number of anilines is 1. The number of hydrogen-bond acceptors (Lipinski definition) is 4. The van der Waals surface area contributed by atoms with Crippen LogP contribution >= 0.6 is 11.6 Å². The summed E-state index contributed by atoms with van der Waals surface area (Å²) in [5, 5.41) is 2.81. The number of rotatable bonds is 9. The Morgan fingerprint density at radius 1 is 0.692 bits per heavy atom. The van der Waals surface area contributed by atoms with Crippen LogP contribution in [0.5, 0.6) is 0 Å². The maximum Gasteiger partial charge on any atom is 0.279 e. The number of carbonyl (C=O) groups is 3. The van der Waals surface area contributed by atoms with Crippen molar-refractivity contribution in [3.63, 3.8) is 0 Å². The number of amides is 3. The third-order valence-electron chi connectivity index (χ3n) is 6.39. The largest absolute Gasteiger partial charge is 0.350 e. The van der Waals surface area contributed by atoms with E-state index in [0.717, 1.165) is 21.6 Å². The van der Waals surface area contributed by atoms with Crippen molar-refractivity contribution in [3.05, 3.63) is 148 Å². The van der Waals surface area contributed by atoms with Crippen LogP contribution in [0, 0.1) is 0 Å². The first-order valence-electron chi connectivity index (χ1n) is 12.5. The van der Waals surface area contributed by atoms with Crippen LogP contribution in [0.3, 0.4) is 0 Å². The average molecular weight is 536 g/mol. The molecule has 5 rings (SSSR count). The molecule has 4 aromatic carbocycles. The number of benzene rings is 4. The normalized spacial score (nSPS) is 13.1. The van der Waals surface area contributed by atoms with Crippen LogP contribution < -0.4 is 5.32 Å². The molecule has 0 saturated heterocycles. The zero-order valence-corrected chi connectivity index (χ0v) is 21.8. The fourth-order valence-electron chi connectivity index (χ4n) is 4.43. The quantitative estimate of drug-likeness (QED) is 0.268. The molecular weight excluding hydrogens is 510 g/mol. The molecule has 1 heterocycles. The van der Waals surface area contributed by atoms with E-state index in [2.05, 4.69) is 5.32 Å². The van der Waals surface area contributed by atoms with Crippen LogP contribution in [0.25, 0.3) is 0 Å². The van der Waals surface area contributed by atoms with Crippen LogP contribution in [0.4, 0.5) is 5.69 Å². The van der Waals surface area contributed by atoms with Crippen molar-refractivity contribution in [1.82, 2.24) is 9.80 Å². The molecule has 0 bridgehead atoms. The molecule has 0 aliphatic carbocycles. The molecule has 3 amide bonds. The topological polar surface area (TPSA) is 69.7 Å². The predicted molar refractivity (Wildman–Crippen MR) is 151 cm³/mol. The third-order valence-corrected chi connectivity index (χ3v) is 6.74. The van der Waals surface area contributed by atoms with Crippen molar-refractivity contribution >= 4 is 35.0 Å². The molecule has 6 nitrogen and oxygen atoms in total. The van der Waals surface area contributed by atoms with Gasteiger partial charge in [-0.25, -0.2) is 0 Å². The number of hydrogen-bond donors (Lipinski definition) is 1. The summed E-state index contributed by atoms with van der Waals surface area (Å²) in [5.41, 5.74) is 3.77. The molecule has 1 aliphatic rings. The van der Waals surface area contributed by atoms with Gasteiger partial charge in [-0.3, -0.25) is 19.3 Å². The molecule has 39 heavy (non-hydrogen) atoms. The zero-order chi connectivity index (χ0) is 27.2. The van der Waals surface area contributed by atoms with Gasteiger partial charge in [0.25, 0.3) is 17.7 Å². The van der Waals surface area contributed by atoms with Gasteiger partial charge in [-0.2, -0.15) is 0 Å². The SMILES string of the molecule is O=C(c1cccc(NC2=C(Cl)C(=O)N(Cc3ccccc3)C2=O)c1)N(Cc1ccccc1)Cc1ccccc1. The summed E-state index contributed by atoms with van der Waals surface area (Å²) in [5.74, 6) is -1.23. The lowest BCUT2D eigenvalue weighted by atomic mass is 10.1. The standard InChI is InChI=1S/C32H26ClN3O3/c33-28-29(32(39)36(31(28)38)22-25-15-8-3-9-16-25)34-27-18-10-17-26(19-27)30(37)35(20-23-11-4-1-5-12-23)21-24-13-6-2-7-14-24/h1-19,34H,20-22H2. The maximum absolute atomic E-state index is 13.7. The van der Waals surface area contributed by atoms with Gasteiger partial charge in [0.05, 0.1) is 6.54 Å². The summed E-state index contributed by atoms with van der Waals surface area (Å²) in [6, 6.07) is 35.7. The molecule has 0 atom stereocenters. The molecule has 0 unspecified atom stereocenters. The highest BCUT2D eigenvalue weighted by Crippen LogP contribution is 2.27. The van der Waals surface area contributed by atoms with Crippen LogP contribution in [-0.2, 0) is 29.2 Å². The van der Waals surface area contributed by atoms with Gasteiger partial charge in [-0.15, -0.1) is 0 Å². The first-order chi connectivity index (χ1) is 19.0. The second kappa shape index (κ2) is 11.8. The number of nitrogens with zero attached hydrogens (tertiary/aromatic N) is 2. The highest BCUT2D eigenvalue weighted by Gasteiger charge is 2.37. The Kier molecular flexibility index (Phi) is 7.85. The molecule has 0 fully saturated rings. The fourth-order valence-corrected chi connectivity index (χ4v) is 4.66. The Bertz CT molecular complexity index is 1480. The lowest BCUT2D eigenvalue weighted by molar-refractivity contribution is -0.138. The van der Waals surface area contributed by atoms with Crippen LogP contribution in [0.2, 0.25) is 0 Å². The number of nitrogens with one attached hydrogen (secondary N) is 1. The van der Waals surface area contributed by atoms with E-state index in [9.17, 15) is 14.4 Å². The third kappa shape index (κ3) is 6.08. The van der Waals surface area contributed by atoms with Gasteiger partial charge in [0.2, 0.25) is 0 Å². The van der Waals surface area contributed by atoms with E-state index >= 15 is 0 Å². The van der Waals surface area contributed by atoms with Crippen LogP contribution in [0.1, 0.15) is 27.0 Å². The van der Waals surface area contributed by atoms with Crippen LogP contribution in [0.15, 0.2) is 126 Å². The average Bonchev–Trinajstić information content (AvgIpc) is 3.17. The van der Waals surface area contributed by atoms with Gasteiger partial charge >= 0.3 is 0 Å². The van der Waals surface area contributed by atoms with E-state index in [1.54, 1.807) is 29.2 Å². The zero-order valence-electron chi connectivity index (χ0n) is 21.1. The molecular formula is C32H26ClN3O3. The molecule has 0 aromatic heterocycles. The smallest absolute Gasteiger partial charge is 0.279 e. The van der Waals surface area contributed by atoms with Crippen molar-refractivity contribution in [2.75, 3.05) is 5.32 Å². The lowest BCUT2D eigenvalue weighted by Gasteiger charge is -2.23. The summed E-state index contributed by atoms with van der Waals surface area (Å²) in [6.45, 7) is 0.988. The molecule has 0 radical (unpaired) electrons. The molecule has 4 aromatic rings. The minimum atomic E-state index is -0.558. The van der Waals surface area contributed by atoms with Crippen molar-refractivity contribution in [2.45, 2.75) is 19.6 Å². The predicted octanol–water partition coefficient (Wildman–Crippen LogP) is 5.96. The Morgan fingerprint density at radius 3 is 1.79 bits per heavy atom. The first kappa shape index (κ1) is 25.9. The van der Waals surface area contributed by atoms with Gasteiger partial charge in [0.1, 0.15) is 10.7 Å². The van der Waals surface area contributed by atoms with Gasteiger partial charge in [0, 0.05) is 24.3 Å². The highest BCUT2D eigenvalue weighted by molar-refractivity contribution is 6.48. The first-order valence-corrected chi connectivity index (χ1v) is 12.9. The van der Waals surface area contributed by atoms with E-state index < -0.39 is 11.8 Å². The fraction of sp³-hybridized carbons (Fsp3) is 0.0938. The van der Waals surface area contributed by atoms with E-state index in [1.807, 2.05) is 91.0 Å². The summed E-state index contributed by atoms with van der Waals surface area (Å²) in [6.07, 6.45) is 0. The monoisotopic (exact) mass is 535 g/mol. The second-order valence-corrected chi connectivity index (χ2v) is 9.59. The van der Waals surface area contributed by atoms with Gasteiger partial charge in [-0.1, -0.05) is 109 Å². The number of halogens is 1. The minimum Gasteiger partial charge on any atom is -0.350 e. The molecule has 0 spiro atoms. The van der Waals surface area contributed by atoms with Gasteiger partial charge < -0.3 is 10.2 Å². The van der Waals surface area contributed by atoms with Gasteiger partial charge in [-0.05, 0) is 34.9 Å². The summed E-state index contributed by atoms with van der Waals surface area (Å²) >= 11 is 6.30. The van der Waals surface area contributed by atoms with Gasteiger partial charge in [0.15, 0.2) is 0 Å². The summed E-state index contributed by atoms with van der Waals surface area (Å²) in [4.78, 5) is 42.4. The van der Waals surface area contributed by atoms with Crippen molar-refractivity contribution in [2.24, 2.45) is 0 Å². The van der Waals surface area contributed by atoms with E-state index in [1.165, 1.54) is 0 Å². The summed E-state index contributed by atoms with van der Waals surface area (Å²) in [7, 11) is 0. The second-order valence-electron chi connectivity index (χ2n) is 9.21. The molecule has 7 heteroatoms. The Morgan fingerprint density at radius 2 is 1.23 bits per heavy atom.